The van der Waals surface area contributed by atoms with Gasteiger partial charge in [0.15, 0.2) is 6.10 Å². The average Bonchev–Trinajstić information content (AvgIpc) is 3.27. The molecule has 0 spiro atoms. The Morgan fingerprint density at radius 3 is 1.24 bits per heavy atom. The Labute approximate surface area is 384 Å². The molecule has 0 heterocycles. The molecule has 0 aromatic carbocycles. The lowest BCUT2D eigenvalue weighted by Gasteiger charge is -2.18. The fraction of sp³-hybridized carbons (Fsp3) is 0.719. The van der Waals surface area contributed by atoms with Gasteiger partial charge in [0, 0.05) is 19.4 Å². The molecule has 0 rings (SSSR count). The maximum Gasteiger partial charge on any atom is 0.306 e. The average molecular weight is 863 g/mol. The van der Waals surface area contributed by atoms with E-state index in [0.717, 1.165) is 83.5 Å². The number of esters is 2. The highest BCUT2D eigenvalue weighted by atomic mass is 16.6. The summed E-state index contributed by atoms with van der Waals surface area (Å²) < 4.78 is 17.4. The van der Waals surface area contributed by atoms with E-state index in [1.54, 1.807) is 0 Å². The van der Waals surface area contributed by atoms with Crippen molar-refractivity contribution in [3.05, 3.63) is 85.1 Å². The number of hydrogen-bond acceptors (Lipinski definition) is 5. The predicted octanol–water partition coefficient (Wildman–Crippen LogP) is 17.7. The van der Waals surface area contributed by atoms with Crippen molar-refractivity contribution >= 4 is 11.9 Å². The Balaban J connectivity index is 4.36. The third-order valence-corrected chi connectivity index (χ3v) is 10.9. The van der Waals surface area contributed by atoms with Gasteiger partial charge in [-0.05, 0) is 89.9 Å². The molecule has 0 aliphatic carbocycles. The minimum atomic E-state index is -0.564. The van der Waals surface area contributed by atoms with Crippen LogP contribution in [0.1, 0.15) is 239 Å². The molecule has 0 aliphatic rings. The number of ether oxygens (including phenoxy) is 3. The normalized spacial score (nSPS) is 12.9. The molecular formula is C57H98O5. The zero-order chi connectivity index (χ0) is 44.9. The molecule has 0 radical (unpaired) electrons. The van der Waals surface area contributed by atoms with Gasteiger partial charge in [0.05, 0.1) is 6.61 Å². The third kappa shape index (κ3) is 49.7. The molecule has 62 heavy (non-hydrogen) atoms. The largest absolute Gasteiger partial charge is 0.462 e. The van der Waals surface area contributed by atoms with Crippen molar-refractivity contribution in [1.82, 2.24) is 0 Å². The number of carbonyl (C=O) groups excluding carboxylic acids is 2. The highest BCUT2D eigenvalue weighted by Crippen LogP contribution is 2.14. The number of hydrogen-bond donors (Lipinski definition) is 0. The lowest BCUT2D eigenvalue weighted by Crippen LogP contribution is -2.30. The van der Waals surface area contributed by atoms with Crippen LogP contribution >= 0.6 is 0 Å². The van der Waals surface area contributed by atoms with Gasteiger partial charge >= 0.3 is 11.9 Å². The standard InChI is InChI=1S/C57H98O5/c1-4-7-10-13-16-19-22-25-27-29-31-33-35-38-41-44-47-50-56(58)61-54-55(53-60-52-49-46-43-40-37-24-21-18-15-12-9-6-3)62-57(59)51-48-45-42-39-36-34-32-30-28-26-23-20-17-14-11-8-5-2/h7,10,16-17,19-20,25-28,31,33,38,41,55H,4-6,8-9,11-15,18,21-24,29-30,32,34-37,39-40,42-54H2,1-3H3/b10-7-,19-16-,20-17-,27-25-,28-26-,33-31-,41-38-. The smallest absolute Gasteiger partial charge is 0.306 e. The van der Waals surface area contributed by atoms with Crippen LogP contribution in [0.5, 0.6) is 0 Å². The Hall–Kier alpha value is -2.92. The molecule has 0 aromatic heterocycles. The van der Waals surface area contributed by atoms with Crippen LogP contribution in [0.15, 0.2) is 85.1 Å². The molecule has 0 aromatic rings. The highest BCUT2D eigenvalue weighted by Gasteiger charge is 2.17. The van der Waals surface area contributed by atoms with Gasteiger partial charge in [-0.15, -0.1) is 0 Å². The van der Waals surface area contributed by atoms with E-state index in [1.807, 2.05) is 0 Å². The van der Waals surface area contributed by atoms with Crippen molar-refractivity contribution in [2.75, 3.05) is 19.8 Å². The van der Waals surface area contributed by atoms with Gasteiger partial charge in [-0.3, -0.25) is 9.59 Å². The molecular weight excluding hydrogens is 765 g/mol. The van der Waals surface area contributed by atoms with Crippen molar-refractivity contribution < 1.29 is 23.8 Å². The molecule has 0 bridgehead atoms. The van der Waals surface area contributed by atoms with Crippen LogP contribution in [0.25, 0.3) is 0 Å². The zero-order valence-corrected chi connectivity index (χ0v) is 40.9. The Kier molecular flexibility index (Phi) is 50.0. The summed E-state index contributed by atoms with van der Waals surface area (Å²) in [6, 6.07) is 0. The molecule has 0 fully saturated rings. The molecule has 0 aliphatic heterocycles. The fourth-order valence-electron chi connectivity index (χ4n) is 7.05. The topological polar surface area (TPSA) is 61.8 Å². The second kappa shape index (κ2) is 52.4. The van der Waals surface area contributed by atoms with E-state index in [2.05, 4.69) is 106 Å². The summed E-state index contributed by atoms with van der Waals surface area (Å²) in [6.45, 7) is 7.63. The third-order valence-electron chi connectivity index (χ3n) is 10.9. The Morgan fingerprint density at radius 1 is 0.371 bits per heavy atom. The fourth-order valence-corrected chi connectivity index (χ4v) is 7.05. The van der Waals surface area contributed by atoms with Gasteiger partial charge < -0.3 is 14.2 Å². The monoisotopic (exact) mass is 863 g/mol. The maximum absolute atomic E-state index is 12.8. The first-order valence-corrected chi connectivity index (χ1v) is 26.1. The van der Waals surface area contributed by atoms with E-state index >= 15 is 0 Å². The minimum absolute atomic E-state index is 0.0512. The van der Waals surface area contributed by atoms with E-state index in [9.17, 15) is 9.59 Å². The predicted molar refractivity (Wildman–Crippen MR) is 270 cm³/mol. The minimum Gasteiger partial charge on any atom is -0.462 e. The molecule has 1 atom stereocenters. The molecule has 0 saturated heterocycles. The van der Waals surface area contributed by atoms with E-state index in [0.29, 0.717) is 19.4 Å². The van der Waals surface area contributed by atoms with Crippen molar-refractivity contribution in [2.45, 2.75) is 245 Å². The Morgan fingerprint density at radius 2 is 0.742 bits per heavy atom. The summed E-state index contributed by atoms with van der Waals surface area (Å²) in [5, 5.41) is 0. The molecule has 5 nitrogen and oxygen atoms in total. The summed E-state index contributed by atoms with van der Waals surface area (Å²) in [5.41, 5.74) is 0. The summed E-state index contributed by atoms with van der Waals surface area (Å²) in [6.07, 6.45) is 68.8. The summed E-state index contributed by atoms with van der Waals surface area (Å²) in [7, 11) is 0. The van der Waals surface area contributed by atoms with Crippen LogP contribution in [0.2, 0.25) is 0 Å². The van der Waals surface area contributed by atoms with Crippen LogP contribution in [0, 0.1) is 0 Å². The van der Waals surface area contributed by atoms with Crippen LogP contribution in [-0.2, 0) is 23.8 Å². The zero-order valence-electron chi connectivity index (χ0n) is 40.9. The summed E-state index contributed by atoms with van der Waals surface area (Å²) in [5.74, 6) is -0.471. The van der Waals surface area contributed by atoms with Gasteiger partial charge in [0.2, 0.25) is 0 Å². The van der Waals surface area contributed by atoms with E-state index in [1.165, 1.54) is 122 Å². The lowest BCUT2D eigenvalue weighted by atomic mass is 10.1. The van der Waals surface area contributed by atoms with Crippen LogP contribution < -0.4 is 0 Å². The van der Waals surface area contributed by atoms with Crippen LogP contribution in [-0.4, -0.2) is 37.9 Å². The molecule has 0 amide bonds. The Bertz CT molecular complexity index is 1160. The molecule has 0 saturated carbocycles. The van der Waals surface area contributed by atoms with Gasteiger partial charge in [-0.2, -0.15) is 0 Å². The molecule has 356 valence electrons. The summed E-state index contributed by atoms with van der Waals surface area (Å²) in [4.78, 5) is 25.4. The van der Waals surface area contributed by atoms with Gasteiger partial charge in [0.1, 0.15) is 6.61 Å². The van der Waals surface area contributed by atoms with Crippen LogP contribution in [0.3, 0.4) is 0 Å². The number of allylic oxidation sites excluding steroid dienone is 14. The van der Waals surface area contributed by atoms with Gasteiger partial charge in [-0.25, -0.2) is 0 Å². The lowest BCUT2D eigenvalue weighted by molar-refractivity contribution is -0.163. The van der Waals surface area contributed by atoms with Gasteiger partial charge in [0.25, 0.3) is 0 Å². The number of carbonyl (C=O) groups is 2. The van der Waals surface area contributed by atoms with Gasteiger partial charge in [-0.1, -0.05) is 221 Å². The van der Waals surface area contributed by atoms with Crippen molar-refractivity contribution in [3.63, 3.8) is 0 Å². The second-order valence-electron chi connectivity index (χ2n) is 17.0. The second-order valence-corrected chi connectivity index (χ2v) is 17.0. The first-order chi connectivity index (χ1) is 30.6. The summed E-state index contributed by atoms with van der Waals surface area (Å²) >= 11 is 0. The first kappa shape index (κ1) is 59.1. The maximum atomic E-state index is 12.8. The number of unbranched alkanes of at least 4 members (excludes halogenated alkanes) is 22. The van der Waals surface area contributed by atoms with Crippen LogP contribution in [0.4, 0.5) is 0 Å². The molecule has 1 unspecified atom stereocenters. The molecule has 5 heteroatoms. The first-order valence-electron chi connectivity index (χ1n) is 26.1. The number of rotatable bonds is 47. The van der Waals surface area contributed by atoms with E-state index in [-0.39, 0.29) is 25.2 Å². The van der Waals surface area contributed by atoms with E-state index in [4.69, 9.17) is 14.2 Å². The SMILES string of the molecule is CC/C=C\C/C=C\C/C=C\C/C=C\C/C=C\CCCC(=O)OCC(COCCCCCCCCCCCCCC)OC(=O)CCCCCCCCC/C=C\C/C=C\CCCCC. The van der Waals surface area contributed by atoms with E-state index < -0.39 is 6.10 Å². The van der Waals surface area contributed by atoms with Crippen molar-refractivity contribution in [2.24, 2.45) is 0 Å². The van der Waals surface area contributed by atoms with Crippen molar-refractivity contribution in [3.8, 4) is 0 Å². The quantitative estimate of drug-likeness (QED) is 0.0346. The highest BCUT2D eigenvalue weighted by molar-refractivity contribution is 5.70. The molecule has 0 N–H and O–H groups in total. The van der Waals surface area contributed by atoms with Crippen molar-refractivity contribution in [1.29, 1.82) is 0 Å².